The van der Waals surface area contributed by atoms with Crippen LogP contribution >= 0.6 is 23.4 Å². The molecule has 2 aliphatic rings. The molecular formula is C22H35ClO4S. The summed E-state index contributed by atoms with van der Waals surface area (Å²) in [7, 11) is 1.43. The van der Waals surface area contributed by atoms with Crippen LogP contribution in [0.15, 0.2) is 23.1 Å². The molecule has 6 heteroatoms. The number of unbranched alkanes of at least 4 members (excludes halogenated alkanes) is 2. The smallest absolute Gasteiger partial charge is 0.319 e. The number of methoxy groups -OCH3 is 1. The van der Waals surface area contributed by atoms with Crippen LogP contribution < -0.4 is 0 Å². The molecule has 2 N–H and O–H groups in total. The summed E-state index contributed by atoms with van der Waals surface area (Å²) in [6.45, 7) is 2.15. The van der Waals surface area contributed by atoms with Crippen molar-refractivity contribution in [2.45, 2.75) is 87.5 Å². The van der Waals surface area contributed by atoms with Gasteiger partial charge >= 0.3 is 5.97 Å². The molecule has 2 rings (SSSR count). The number of allylic oxidation sites excluding steroid dienone is 2. The van der Waals surface area contributed by atoms with E-state index in [1.54, 1.807) is 11.8 Å². The molecule has 0 saturated heterocycles. The van der Waals surface area contributed by atoms with Crippen molar-refractivity contribution in [3.8, 4) is 0 Å². The SMILES string of the molecule is CCCCCC(O)/C=C/C1[C@@H](CCCC2=CCC(C(=O)OC)S2)C(Cl)C[C@H]1O. The van der Waals surface area contributed by atoms with E-state index in [-0.39, 0.29) is 28.4 Å². The van der Waals surface area contributed by atoms with Crippen LogP contribution in [0.25, 0.3) is 0 Å². The third kappa shape index (κ3) is 7.08. The predicted molar refractivity (Wildman–Crippen MR) is 116 cm³/mol. The molecule has 1 aliphatic heterocycles. The molecule has 0 aromatic rings. The highest BCUT2D eigenvalue weighted by Gasteiger charge is 2.39. The van der Waals surface area contributed by atoms with Gasteiger partial charge in [-0.15, -0.1) is 23.4 Å². The number of carbonyl (C=O) groups excluding carboxylic acids is 1. The van der Waals surface area contributed by atoms with E-state index in [0.717, 1.165) is 51.4 Å². The number of hydrogen-bond acceptors (Lipinski definition) is 5. The van der Waals surface area contributed by atoms with Gasteiger partial charge in [0.15, 0.2) is 0 Å². The van der Waals surface area contributed by atoms with Gasteiger partial charge in [0.05, 0.1) is 19.3 Å². The van der Waals surface area contributed by atoms with Crippen LogP contribution in [0, 0.1) is 11.8 Å². The fourth-order valence-electron chi connectivity index (χ4n) is 4.16. The van der Waals surface area contributed by atoms with E-state index in [1.165, 1.54) is 12.0 Å². The van der Waals surface area contributed by atoms with E-state index in [4.69, 9.17) is 16.3 Å². The minimum atomic E-state index is -0.441. The lowest BCUT2D eigenvalue weighted by Crippen LogP contribution is -2.19. The molecule has 0 aromatic heterocycles. The van der Waals surface area contributed by atoms with Gasteiger partial charge in [0.2, 0.25) is 0 Å². The highest BCUT2D eigenvalue weighted by molar-refractivity contribution is 8.04. The number of hydrogen-bond donors (Lipinski definition) is 2. The Morgan fingerprint density at radius 1 is 1.43 bits per heavy atom. The number of thioether (sulfide) groups is 1. The molecule has 0 bridgehead atoms. The van der Waals surface area contributed by atoms with Crippen LogP contribution in [-0.4, -0.2) is 46.1 Å². The summed E-state index contributed by atoms with van der Waals surface area (Å²) in [6, 6.07) is 0. The molecule has 4 nitrogen and oxygen atoms in total. The van der Waals surface area contributed by atoms with Crippen molar-refractivity contribution < 1.29 is 19.7 Å². The number of aliphatic hydroxyl groups is 2. The van der Waals surface area contributed by atoms with Crippen LogP contribution in [0.5, 0.6) is 0 Å². The standard InChI is InChI=1S/C22H35ClO4S/c1-3-4-5-7-15(24)10-12-18-17(19(23)14-20(18)25)9-6-8-16-11-13-21(28-16)22(26)27-2/h10-12,15,17-21,24-25H,3-9,13-14H2,1-2H3/b12-10+/t15?,17-,18?,19?,20-,21?/m1/s1. The second-order valence-corrected chi connectivity index (χ2v) is 9.83. The number of aliphatic hydroxyl groups excluding tert-OH is 2. The van der Waals surface area contributed by atoms with Gasteiger partial charge in [-0.05, 0) is 49.3 Å². The fourth-order valence-corrected chi connectivity index (χ4v) is 5.84. The fraction of sp³-hybridized carbons (Fsp3) is 0.773. The number of alkyl halides is 1. The molecule has 4 unspecified atom stereocenters. The van der Waals surface area contributed by atoms with Crippen molar-refractivity contribution in [1.82, 2.24) is 0 Å². The highest BCUT2D eigenvalue weighted by atomic mass is 35.5. The molecule has 1 aliphatic carbocycles. The topological polar surface area (TPSA) is 66.8 Å². The van der Waals surface area contributed by atoms with Crippen LogP contribution in [-0.2, 0) is 9.53 Å². The number of carbonyl (C=O) groups is 1. The third-order valence-corrected chi connectivity index (χ3v) is 7.65. The first-order chi connectivity index (χ1) is 13.5. The third-order valence-electron chi connectivity index (χ3n) is 5.81. The average molecular weight is 431 g/mol. The number of ether oxygens (including phenoxy) is 1. The number of esters is 1. The van der Waals surface area contributed by atoms with Crippen molar-refractivity contribution >= 4 is 29.3 Å². The second-order valence-electron chi connectivity index (χ2n) is 7.94. The van der Waals surface area contributed by atoms with Crippen LogP contribution in [0.3, 0.4) is 0 Å². The Morgan fingerprint density at radius 3 is 2.93 bits per heavy atom. The second kappa shape index (κ2) is 12.3. The first-order valence-electron chi connectivity index (χ1n) is 10.6. The monoisotopic (exact) mass is 430 g/mol. The number of halogens is 1. The van der Waals surface area contributed by atoms with E-state index < -0.39 is 12.2 Å². The average Bonchev–Trinajstić information content (AvgIpc) is 3.24. The zero-order valence-electron chi connectivity index (χ0n) is 17.1. The predicted octanol–water partition coefficient (Wildman–Crippen LogP) is 4.82. The molecule has 6 atom stereocenters. The van der Waals surface area contributed by atoms with E-state index in [9.17, 15) is 15.0 Å². The lowest BCUT2D eigenvalue weighted by atomic mass is 9.89. The molecule has 0 amide bonds. The minimum Gasteiger partial charge on any atom is -0.468 e. The maximum atomic E-state index is 11.6. The van der Waals surface area contributed by atoms with Gasteiger partial charge in [-0.3, -0.25) is 4.79 Å². The molecule has 0 aromatic carbocycles. The van der Waals surface area contributed by atoms with Gasteiger partial charge in [-0.25, -0.2) is 0 Å². The molecule has 1 heterocycles. The zero-order valence-corrected chi connectivity index (χ0v) is 18.6. The van der Waals surface area contributed by atoms with E-state index >= 15 is 0 Å². The summed E-state index contributed by atoms with van der Waals surface area (Å²) >= 11 is 8.14. The molecule has 160 valence electrons. The van der Waals surface area contributed by atoms with Crippen molar-refractivity contribution in [2.75, 3.05) is 7.11 Å². The highest BCUT2D eigenvalue weighted by Crippen LogP contribution is 2.42. The Labute approximate surface area is 178 Å². The molecule has 1 saturated carbocycles. The first-order valence-corrected chi connectivity index (χ1v) is 11.9. The van der Waals surface area contributed by atoms with Crippen LogP contribution in [0.1, 0.15) is 64.7 Å². The number of rotatable bonds is 11. The van der Waals surface area contributed by atoms with Gasteiger partial charge in [-0.2, -0.15) is 0 Å². The summed E-state index contributed by atoms with van der Waals surface area (Å²) in [5.74, 6) is 0.0780. The van der Waals surface area contributed by atoms with Crippen molar-refractivity contribution in [1.29, 1.82) is 0 Å². The van der Waals surface area contributed by atoms with Crippen LogP contribution in [0.2, 0.25) is 0 Å². The summed E-state index contributed by atoms with van der Waals surface area (Å²) in [5.41, 5.74) is 0. The largest absolute Gasteiger partial charge is 0.468 e. The van der Waals surface area contributed by atoms with Gasteiger partial charge in [0.25, 0.3) is 0 Å². The van der Waals surface area contributed by atoms with Crippen molar-refractivity contribution in [3.63, 3.8) is 0 Å². The normalized spacial score (nSPS) is 31.3. The minimum absolute atomic E-state index is 0.0105. The Hall–Kier alpha value is -0.490. The Kier molecular flexibility index (Phi) is 10.4. The molecule has 0 spiro atoms. The Balaban J connectivity index is 1.79. The molecular weight excluding hydrogens is 396 g/mol. The lowest BCUT2D eigenvalue weighted by molar-refractivity contribution is -0.139. The van der Waals surface area contributed by atoms with Crippen molar-refractivity contribution in [3.05, 3.63) is 23.1 Å². The summed E-state index contributed by atoms with van der Waals surface area (Å²) in [6.07, 6.45) is 13.4. The summed E-state index contributed by atoms with van der Waals surface area (Å²) < 4.78 is 4.82. The molecule has 1 fully saturated rings. The molecule has 28 heavy (non-hydrogen) atoms. The van der Waals surface area contributed by atoms with Crippen LogP contribution in [0.4, 0.5) is 0 Å². The first kappa shape index (κ1) is 23.8. The van der Waals surface area contributed by atoms with Gasteiger partial charge in [-0.1, -0.05) is 44.4 Å². The zero-order chi connectivity index (χ0) is 20.5. The van der Waals surface area contributed by atoms with Gasteiger partial charge < -0.3 is 14.9 Å². The van der Waals surface area contributed by atoms with Gasteiger partial charge in [0, 0.05) is 11.3 Å². The summed E-state index contributed by atoms with van der Waals surface area (Å²) in [4.78, 5) is 12.9. The Bertz CT molecular complexity index is 551. The van der Waals surface area contributed by atoms with E-state index in [2.05, 4.69) is 13.0 Å². The van der Waals surface area contributed by atoms with Crippen molar-refractivity contribution in [2.24, 2.45) is 11.8 Å². The van der Waals surface area contributed by atoms with Gasteiger partial charge in [0.1, 0.15) is 5.25 Å². The maximum absolute atomic E-state index is 11.6. The maximum Gasteiger partial charge on any atom is 0.319 e. The summed E-state index contributed by atoms with van der Waals surface area (Å²) in [5, 5.41) is 20.4. The molecule has 0 radical (unpaired) electrons. The lowest BCUT2D eigenvalue weighted by Gasteiger charge is -2.21. The van der Waals surface area contributed by atoms with E-state index in [0.29, 0.717) is 6.42 Å². The quantitative estimate of drug-likeness (QED) is 0.213. The Morgan fingerprint density at radius 2 is 2.21 bits per heavy atom. The van der Waals surface area contributed by atoms with E-state index in [1.807, 2.05) is 12.2 Å².